The Balaban J connectivity index is 1.59. The predicted octanol–water partition coefficient (Wildman–Crippen LogP) is 5.13. The fourth-order valence-electron chi connectivity index (χ4n) is 4.87. The molecule has 2 aromatic carbocycles. The van der Waals surface area contributed by atoms with Crippen LogP contribution in [0.4, 0.5) is 26.3 Å². The lowest BCUT2D eigenvalue weighted by Gasteiger charge is -2.46. The molecule has 42 heavy (non-hydrogen) atoms. The van der Waals surface area contributed by atoms with E-state index in [1.54, 1.807) is 42.5 Å². The van der Waals surface area contributed by atoms with Gasteiger partial charge in [0.1, 0.15) is 11.2 Å². The summed E-state index contributed by atoms with van der Waals surface area (Å²) in [7, 11) is 0. The fraction of sp³-hybridized carbons (Fsp3) is 0.345. The molecule has 13 heteroatoms. The van der Waals surface area contributed by atoms with Crippen LogP contribution in [0.25, 0.3) is 0 Å². The van der Waals surface area contributed by atoms with Crippen LogP contribution in [-0.4, -0.2) is 35.5 Å². The van der Waals surface area contributed by atoms with Crippen LogP contribution in [0.5, 0.6) is 0 Å². The van der Waals surface area contributed by atoms with Crippen molar-refractivity contribution >= 4 is 11.8 Å². The first-order valence-electron chi connectivity index (χ1n) is 12.9. The molecule has 1 saturated heterocycles. The van der Waals surface area contributed by atoms with Crippen LogP contribution in [0, 0.1) is 0 Å². The Morgan fingerprint density at radius 3 is 2.10 bits per heavy atom. The van der Waals surface area contributed by atoms with Gasteiger partial charge in [-0.25, -0.2) is 0 Å². The van der Waals surface area contributed by atoms with Gasteiger partial charge < -0.3 is 21.1 Å². The minimum atomic E-state index is -5.00. The van der Waals surface area contributed by atoms with Gasteiger partial charge in [-0.15, -0.1) is 0 Å². The van der Waals surface area contributed by atoms with Gasteiger partial charge in [0.2, 0.25) is 5.91 Å². The van der Waals surface area contributed by atoms with Crippen molar-refractivity contribution in [2.45, 2.75) is 49.3 Å². The van der Waals surface area contributed by atoms with Crippen molar-refractivity contribution in [3.05, 3.63) is 101 Å². The Morgan fingerprint density at radius 2 is 1.60 bits per heavy atom. The molecule has 1 aromatic heterocycles. The zero-order chi connectivity index (χ0) is 30.8. The summed E-state index contributed by atoms with van der Waals surface area (Å²) in [6.45, 7) is 1.05. The summed E-state index contributed by atoms with van der Waals surface area (Å²) in [4.78, 5) is 29.4. The third-order valence-corrected chi connectivity index (χ3v) is 7.41. The summed E-state index contributed by atoms with van der Waals surface area (Å²) in [5, 5.41) is 5.91. The molecule has 0 saturated carbocycles. The standard InChI is InChI=1S/C29H28F6N4O3/c1-18(19-13-21(28(30,31)32)15-22(14-19)29(33,34)35)42-17-27(20-7-3-2-4-8-20)11-10-26(16-38-27,25(36)41)39-24(40)23-9-5-6-12-37-23/h2-9,12-15,18,38H,10-11,16-17H2,1H3,(H2,36,41)(H,39,40)/t18?,26-,27?/m0/s1. The normalized spacial score (nSPS) is 21.9. The average molecular weight is 595 g/mol. The molecule has 0 aliphatic carbocycles. The zero-order valence-electron chi connectivity index (χ0n) is 22.4. The van der Waals surface area contributed by atoms with Gasteiger partial charge in [-0.1, -0.05) is 36.4 Å². The van der Waals surface area contributed by atoms with E-state index < -0.39 is 52.5 Å². The average Bonchev–Trinajstić information content (AvgIpc) is 2.96. The molecule has 4 rings (SSSR count). The number of pyridine rings is 1. The Labute approximate surface area is 237 Å². The lowest BCUT2D eigenvalue weighted by Crippen LogP contribution is -2.69. The molecule has 2 unspecified atom stereocenters. The van der Waals surface area contributed by atoms with E-state index in [0.29, 0.717) is 17.7 Å². The van der Waals surface area contributed by atoms with E-state index in [-0.39, 0.29) is 43.3 Å². The minimum absolute atomic E-state index is 0.0579. The largest absolute Gasteiger partial charge is 0.416 e. The first-order chi connectivity index (χ1) is 19.7. The first-order valence-corrected chi connectivity index (χ1v) is 12.9. The van der Waals surface area contributed by atoms with Crippen LogP contribution >= 0.6 is 0 Å². The van der Waals surface area contributed by atoms with Gasteiger partial charge in [0.25, 0.3) is 5.91 Å². The van der Waals surface area contributed by atoms with Gasteiger partial charge in [0.15, 0.2) is 0 Å². The van der Waals surface area contributed by atoms with E-state index >= 15 is 0 Å². The molecule has 3 aromatic rings. The molecule has 0 bridgehead atoms. The van der Waals surface area contributed by atoms with Crippen molar-refractivity contribution in [3.8, 4) is 0 Å². The van der Waals surface area contributed by atoms with Gasteiger partial charge in [-0.3, -0.25) is 14.6 Å². The molecule has 0 spiro atoms. The van der Waals surface area contributed by atoms with Gasteiger partial charge in [0.05, 0.1) is 29.4 Å². The molecule has 2 heterocycles. The molecule has 0 radical (unpaired) electrons. The second-order valence-electron chi connectivity index (χ2n) is 10.2. The highest BCUT2D eigenvalue weighted by Crippen LogP contribution is 2.39. The Bertz CT molecular complexity index is 1370. The van der Waals surface area contributed by atoms with Gasteiger partial charge in [-0.05, 0) is 61.2 Å². The number of carbonyl (C=O) groups excluding carboxylic acids is 2. The maximum absolute atomic E-state index is 13.4. The third kappa shape index (κ3) is 6.73. The summed E-state index contributed by atoms with van der Waals surface area (Å²) >= 11 is 0. The number of aromatic nitrogens is 1. The summed E-state index contributed by atoms with van der Waals surface area (Å²) < 4.78 is 86.4. The number of nitrogens with one attached hydrogen (secondary N) is 2. The SMILES string of the molecule is CC(OCC1(c2ccccc2)CC[C@@](NC(=O)c2ccccn2)(C(N)=O)CN1)c1cc(C(F)(F)F)cc(C(F)(F)F)c1. The number of hydrogen-bond donors (Lipinski definition) is 3. The number of hydrogen-bond acceptors (Lipinski definition) is 5. The Kier molecular flexibility index (Phi) is 8.65. The zero-order valence-corrected chi connectivity index (χ0v) is 22.4. The van der Waals surface area contributed by atoms with E-state index in [4.69, 9.17) is 10.5 Å². The number of carbonyl (C=O) groups is 2. The molecule has 1 aliphatic rings. The molecular weight excluding hydrogens is 566 g/mol. The molecule has 1 aliphatic heterocycles. The highest BCUT2D eigenvalue weighted by Gasteiger charge is 2.48. The van der Waals surface area contributed by atoms with Crippen molar-refractivity contribution in [2.24, 2.45) is 5.73 Å². The number of nitrogens with two attached hydrogens (primary N) is 1. The summed E-state index contributed by atoms with van der Waals surface area (Å²) in [5.41, 5.74) is 0.810. The molecule has 224 valence electrons. The number of primary amides is 1. The number of halogens is 6. The fourth-order valence-corrected chi connectivity index (χ4v) is 4.87. The number of benzene rings is 2. The predicted molar refractivity (Wildman–Crippen MR) is 140 cm³/mol. The van der Waals surface area contributed by atoms with Crippen molar-refractivity contribution in [1.82, 2.24) is 15.6 Å². The van der Waals surface area contributed by atoms with E-state index in [1.807, 2.05) is 0 Å². The highest BCUT2D eigenvalue weighted by atomic mass is 19.4. The van der Waals surface area contributed by atoms with Crippen LogP contribution in [0.3, 0.4) is 0 Å². The number of alkyl halides is 6. The number of piperidine rings is 1. The second kappa shape index (κ2) is 11.7. The van der Waals surface area contributed by atoms with Crippen LogP contribution in [-0.2, 0) is 27.4 Å². The van der Waals surface area contributed by atoms with Crippen LogP contribution in [0.1, 0.15) is 58.6 Å². The lowest BCUT2D eigenvalue weighted by molar-refractivity contribution is -0.143. The van der Waals surface area contributed by atoms with Crippen molar-refractivity contribution in [3.63, 3.8) is 0 Å². The van der Waals surface area contributed by atoms with Gasteiger partial charge >= 0.3 is 12.4 Å². The third-order valence-electron chi connectivity index (χ3n) is 7.41. The lowest BCUT2D eigenvalue weighted by atomic mass is 9.76. The quantitative estimate of drug-likeness (QED) is 0.314. The number of rotatable bonds is 8. The van der Waals surface area contributed by atoms with Crippen LogP contribution in [0.15, 0.2) is 72.9 Å². The number of nitrogens with zero attached hydrogens (tertiary/aromatic N) is 1. The molecule has 1 fully saturated rings. The second-order valence-corrected chi connectivity index (χ2v) is 10.2. The monoisotopic (exact) mass is 594 g/mol. The summed E-state index contributed by atoms with van der Waals surface area (Å²) in [5.74, 6) is -1.41. The maximum Gasteiger partial charge on any atom is 0.416 e. The maximum atomic E-state index is 13.4. The molecule has 3 atom stereocenters. The Hall–Kier alpha value is -3.97. The van der Waals surface area contributed by atoms with E-state index in [9.17, 15) is 35.9 Å². The topological polar surface area (TPSA) is 106 Å². The molecule has 4 N–H and O–H groups in total. The summed E-state index contributed by atoms with van der Waals surface area (Å²) in [6, 6.07) is 14.9. The van der Waals surface area contributed by atoms with Crippen LogP contribution < -0.4 is 16.4 Å². The smallest absolute Gasteiger partial charge is 0.372 e. The Morgan fingerprint density at radius 1 is 0.976 bits per heavy atom. The first kappa shape index (κ1) is 31.0. The van der Waals surface area contributed by atoms with Gasteiger partial charge in [-0.2, -0.15) is 26.3 Å². The van der Waals surface area contributed by atoms with Crippen LogP contribution in [0.2, 0.25) is 0 Å². The number of ether oxygens (including phenoxy) is 1. The van der Waals surface area contributed by atoms with Crippen molar-refractivity contribution in [2.75, 3.05) is 13.2 Å². The minimum Gasteiger partial charge on any atom is -0.372 e. The van der Waals surface area contributed by atoms with E-state index in [2.05, 4.69) is 15.6 Å². The number of amides is 2. The van der Waals surface area contributed by atoms with E-state index in [0.717, 1.165) is 0 Å². The molecule has 2 amide bonds. The molecular formula is C29H28F6N4O3. The van der Waals surface area contributed by atoms with Crippen molar-refractivity contribution < 1.29 is 40.7 Å². The van der Waals surface area contributed by atoms with Gasteiger partial charge in [0, 0.05) is 12.7 Å². The summed E-state index contributed by atoms with van der Waals surface area (Å²) in [6.07, 6.45) is -9.50. The molecule has 7 nitrogen and oxygen atoms in total. The highest BCUT2D eigenvalue weighted by molar-refractivity contribution is 5.97. The van der Waals surface area contributed by atoms with Crippen molar-refractivity contribution in [1.29, 1.82) is 0 Å². The van der Waals surface area contributed by atoms with E-state index in [1.165, 1.54) is 19.2 Å².